The highest BCUT2D eigenvalue weighted by Crippen LogP contribution is 2.33. The lowest BCUT2D eigenvalue weighted by atomic mass is 10.2. The summed E-state index contributed by atoms with van der Waals surface area (Å²) < 4.78 is 12.5. The zero-order valence-corrected chi connectivity index (χ0v) is 10.3. The zero-order chi connectivity index (χ0) is 12.7. The number of aromatic nitrogens is 2. The minimum Gasteiger partial charge on any atom is -0.497 e. The Hall–Kier alpha value is -2.04. The molecule has 0 spiro atoms. The number of carbonyl (C=O) groups excluding carboxylic acids is 1. The van der Waals surface area contributed by atoms with Crippen molar-refractivity contribution in [2.75, 3.05) is 7.11 Å². The Morgan fingerprint density at radius 3 is 3.06 bits per heavy atom. The summed E-state index contributed by atoms with van der Waals surface area (Å²) in [5.41, 5.74) is 1.93. The van der Waals surface area contributed by atoms with Gasteiger partial charge in [-0.25, -0.2) is 4.98 Å². The van der Waals surface area contributed by atoms with Gasteiger partial charge in [0.05, 0.1) is 18.1 Å². The van der Waals surface area contributed by atoms with Crippen molar-refractivity contribution >= 4 is 17.0 Å². The molecule has 1 aromatic carbocycles. The van der Waals surface area contributed by atoms with Gasteiger partial charge >= 0.3 is 5.97 Å². The molecular formula is C13H14N2O3. The van der Waals surface area contributed by atoms with Gasteiger partial charge in [-0.15, -0.1) is 0 Å². The van der Waals surface area contributed by atoms with E-state index in [-0.39, 0.29) is 12.1 Å². The third-order valence-corrected chi connectivity index (χ3v) is 3.20. The molecule has 2 heterocycles. The van der Waals surface area contributed by atoms with Crippen LogP contribution < -0.4 is 4.74 Å². The molecule has 0 amide bonds. The van der Waals surface area contributed by atoms with Gasteiger partial charge in [0.1, 0.15) is 5.75 Å². The number of imidazole rings is 1. The van der Waals surface area contributed by atoms with Crippen LogP contribution in [0.2, 0.25) is 0 Å². The van der Waals surface area contributed by atoms with Crippen LogP contribution in [0.15, 0.2) is 18.2 Å². The predicted molar refractivity (Wildman–Crippen MR) is 65.4 cm³/mol. The van der Waals surface area contributed by atoms with E-state index in [1.54, 1.807) is 7.11 Å². The Morgan fingerprint density at radius 1 is 1.50 bits per heavy atom. The van der Waals surface area contributed by atoms with Gasteiger partial charge in [-0.2, -0.15) is 0 Å². The Morgan fingerprint density at radius 2 is 2.33 bits per heavy atom. The molecule has 1 aliphatic heterocycles. The van der Waals surface area contributed by atoms with Crippen molar-refractivity contribution < 1.29 is 14.3 Å². The van der Waals surface area contributed by atoms with Gasteiger partial charge in [0.15, 0.2) is 11.9 Å². The molecule has 0 saturated carbocycles. The van der Waals surface area contributed by atoms with Gasteiger partial charge in [0, 0.05) is 26.0 Å². The number of rotatable bonds is 2. The topological polar surface area (TPSA) is 53.4 Å². The minimum atomic E-state index is -0.266. The van der Waals surface area contributed by atoms with Crippen molar-refractivity contribution in [1.82, 2.24) is 9.55 Å². The number of nitrogens with zero attached hydrogens (tertiary/aromatic N) is 2. The molecule has 2 aromatic rings. The van der Waals surface area contributed by atoms with Crippen LogP contribution in [0.1, 0.15) is 25.3 Å². The maximum absolute atomic E-state index is 11.0. The molecule has 0 saturated heterocycles. The SMILES string of the molecule is COc1ccc2c(c1)nc1n2CCC1OC(C)=O. The van der Waals surface area contributed by atoms with Crippen molar-refractivity contribution in [3.8, 4) is 5.75 Å². The quantitative estimate of drug-likeness (QED) is 0.761. The van der Waals surface area contributed by atoms with Crippen molar-refractivity contribution in [2.45, 2.75) is 26.0 Å². The molecule has 0 bridgehead atoms. The molecule has 5 nitrogen and oxygen atoms in total. The van der Waals surface area contributed by atoms with Crippen LogP contribution in [-0.2, 0) is 16.1 Å². The van der Waals surface area contributed by atoms with E-state index < -0.39 is 0 Å². The summed E-state index contributed by atoms with van der Waals surface area (Å²) in [6.07, 6.45) is 0.574. The zero-order valence-electron chi connectivity index (χ0n) is 10.3. The maximum Gasteiger partial charge on any atom is 0.303 e. The van der Waals surface area contributed by atoms with E-state index in [9.17, 15) is 4.79 Å². The molecule has 1 aromatic heterocycles. The van der Waals surface area contributed by atoms with Crippen LogP contribution >= 0.6 is 0 Å². The minimum absolute atomic E-state index is 0.221. The summed E-state index contributed by atoms with van der Waals surface area (Å²) in [6.45, 7) is 2.25. The smallest absolute Gasteiger partial charge is 0.303 e. The number of methoxy groups -OCH3 is 1. The fourth-order valence-electron chi connectivity index (χ4n) is 2.42. The van der Waals surface area contributed by atoms with Crippen LogP contribution in [0.25, 0.3) is 11.0 Å². The van der Waals surface area contributed by atoms with E-state index in [0.717, 1.165) is 35.6 Å². The molecule has 18 heavy (non-hydrogen) atoms. The largest absolute Gasteiger partial charge is 0.497 e. The average molecular weight is 246 g/mol. The number of fused-ring (bicyclic) bond motifs is 3. The van der Waals surface area contributed by atoms with E-state index >= 15 is 0 Å². The van der Waals surface area contributed by atoms with E-state index in [1.165, 1.54) is 6.92 Å². The Labute approximate surface area is 104 Å². The second-order valence-electron chi connectivity index (χ2n) is 4.36. The summed E-state index contributed by atoms with van der Waals surface area (Å²) in [6, 6.07) is 5.79. The number of hydrogen-bond acceptors (Lipinski definition) is 4. The Balaban J connectivity index is 2.06. The number of hydrogen-bond donors (Lipinski definition) is 0. The molecule has 5 heteroatoms. The van der Waals surface area contributed by atoms with Crippen molar-refractivity contribution in [1.29, 1.82) is 0 Å². The summed E-state index contributed by atoms with van der Waals surface area (Å²) in [5, 5.41) is 0. The van der Waals surface area contributed by atoms with Gasteiger partial charge < -0.3 is 14.0 Å². The number of aryl methyl sites for hydroxylation is 1. The summed E-state index contributed by atoms with van der Waals surface area (Å²) in [4.78, 5) is 15.6. The number of esters is 1. The molecule has 0 fully saturated rings. The first-order valence-electron chi connectivity index (χ1n) is 5.90. The second-order valence-corrected chi connectivity index (χ2v) is 4.36. The molecule has 0 N–H and O–H groups in total. The van der Waals surface area contributed by atoms with Crippen molar-refractivity contribution in [3.63, 3.8) is 0 Å². The highest BCUT2D eigenvalue weighted by Gasteiger charge is 2.28. The number of benzene rings is 1. The van der Waals surface area contributed by atoms with Gasteiger partial charge in [0.2, 0.25) is 0 Å². The average Bonchev–Trinajstić information content (AvgIpc) is 2.88. The molecule has 1 aliphatic rings. The first-order chi connectivity index (χ1) is 8.69. The highest BCUT2D eigenvalue weighted by molar-refractivity contribution is 5.78. The fourth-order valence-corrected chi connectivity index (χ4v) is 2.42. The van der Waals surface area contributed by atoms with Gasteiger partial charge in [-0.05, 0) is 12.1 Å². The normalized spacial score (nSPS) is 17.8. The predicted octanol–water partition coefficient (Wildman–Crippen LogP) is 2.05. The summed E-state index contributed by atoms with van der Waals surface area (Å²) in [5.74, 6) is 1.34. The monoisotopic (exact) mass is 246 g/mol. The third kappa shape index (κ3) is 1.63. The first-order valence-corrected chi connectivity index (χ1v) is 5.90. The van der Waals surface area contributed by atoms with E-state index in [0.29, 0.717) is 0 Å². The molecule has 1 unspecified atom stereocenters. The van der Waals surface area contributed by atoms with Crippen LogP contribution in [-0.4, -0.2) is 22.6 Å². The molecular weight excluding hydrogens is 232 g/mol. The lowest BCUT2D eigenvalue weighted by Crippen LogP contribution is -2.06. The van der Waals surface area contributed by atoms with Crippen LogP contribution in [0.3, 0.4) is 0 Å². The Bertz CT molecular complexity index is 618. The second kappa shape index (κ2) is 4.01. The molecule has 1 atom stereocenters. The lowest BCUT2D eigenvalue weighted by molar-refractivity contribution is -0.146. The van der Waals surface area contributed by atoms with Gasteiger partial charge in [-0.3, -0.25) is 4.79 Å². The molecule has 0 aliphatic carbocycles. The maximum atomic E-state index is 11.0. The standard InChI is InChI=1S/C13H14N2O3/c1-8(16)18-12-5-6-15-11-4-3-9(17-2)7-10(11)14-13(12)15/h3-4,7,12H,5-6H2,1-2H3. The highest BCUT2D eigenvalue weighted by atomic mass is 16.5. The summed E-state index contributed by atoms with van der Waals surface area (Å²) >= 11 is 0. The van der Waals surface area contributed by atoms with Crippen molar-refractivity contribution in [3.05, 3.63) is 24.0 Å². The molecule has 0 radical (unpaired) electrons. The van der Waals surface area contributed by atoms with Crippen LogP contribution in [0, 0.1) is 0 Å². The molecule has 3 rings (SSSR count). The van der Waals surface area contributed by atoms with Gasteiger partial charge in [0.25, 0.3) is 0 Å². The fraction of sp³-hybridized carbons (Fsp3) is 0.385. The van der Waals surface area contributed by atoms with E-state index in [2.05, 4.69) is 9.55 Å². The summed E-state index contributed by atoms with van der Waals surface area (Å²) in [7, 11) is 1.63. The van der Waals surface area contributed by atoms with E-state index in [1.807, 2.05) is 18.2 Å². The molecule has 94 valence electrons. The lowest BCUT2D eigenvalue weighted by Gasteiger charge is -2.07. The first kappa shape index (κ1) is 11.1. The Kier molecular flexibility index (Phi) is 2.47. The third-order valence-electron chi connectivity index (χ3n) is 3.20. The van der Waals surface area contributed by atoms with E-state index in [4.69, 9.17) is 9.47 Å². The number of ether oxygens (including phenoxy) is 2. The van der Waals surface area contributed by atoms with Gasteiger partial charge in [-0.1, -0.05) is 0 Å². The number of carbonyl (C=O) groups is 1. The van der Waals surface area contributed by atoms with Crippen molar-refractivity contribution in [2.24, 2.45) is 0 Å². The van der Waals surface area contributed by atoms with Crippen LogP contribution in [0.5, 0.6) is 5.75 Å². The van der Waals surface area contributed by atoms with Crippen LogP contribution in [0.4, 0.5) is 0 Å².